The topological polar surface area (TPSA) is 99.5 Å². The van der Waals surface area contributed by atoms with Crippen molar-refractivity contribution in [3.05, 3.63) is 55.5 Å². The number of rotatable bonds is 3. The molecule has 0 unspecified atom stereocenters. The first kappa shape index (κ1) is 15.3. The zero-order chi connectivity index (χ0) is 16.6. The van der Waals surface area contributed by atoms with E-state index in [1.165, 1.54) is 23.6 Å². The van der Waals surface area contributed by atoms with Gasteiger partial charge in [0, 0.05) is 11.2 Å². The predicted octanol–water partition coefficient (Wildman–Crippen LogP) is 2.83. The highest BCUT2D eigenvalue weighted by molar-refractivity contribution is 7.13. The minimum absolute atomic E-state index is 0.00307. The van der Waals surface area contributed by atoms with E-state index >= 15 is 0 Å². The van der Waals surface area contributed by atoms with Crippen molar-refractivity contribution in [3.8, 4) is 6.07 Å². The number of carbonyl (C=O) groups excluding carboxylic acids is 1. The molecule has 0 saturated heterocycles. The number of thiazole rings is 1. The van der Waals surface area contributed by atoms with Crippen LogP contribution in [0, 0.1) is 18.3 Å². The van der Waals surface area contributed by atoms with E-state index in [0.29, 0.717) is 20.8 Å². The SMILES string of the molecule is Cc1ncc(C(=O)[C@@H](C#N)c2nc3cc(Cl)ccc3c(=O)[nH]2)s1. The average molecular weight is 345 g/mol. The lowest BCUT2D eigenvalue weighted by Crippen LogP contribution is -2.19. The molecule has 0 spiro atoms. The van der Waals surface area contributed by atoms with Gasteiger partial charge in [-0.3, -0.25) is 9.59 Å². The number of hydrogen-bond donors (Lipinski definition) is 1. The van der Waals surface area contributed by atoms with Crippen LogP contribution in [0.4, 0.5) is 0 Å². The third-order valence-electron chi connectivity index (χ3n) is 3.22. The molecule has 0 aliphatic rings. The van der Waals surface area contributed by atoms with Crippen molar-refractivity contribution in [1.29, 1.82) is 5.26 Å². The number of aromatic amines is 1. The Labute approximate surface area is 139 Å². The lowest BCUT2D eigenvalue weighted by atomic mass is 10.0. The van der Waals surface area contributed by atoms with Crippen molar-refractivity contribution < 1.29 is 4.79 Å². The summed E-state index contributed by atoms with van der Waals surface area (Å²) < 4.78 is 0. The van der Waals surface area contributed by atoms with Crippen molar-refractivity contribution in [2.24, 2.45) is 0 Å². The number of fused-ring (bicyclic) bond motifs is 1. The normalized spacial score (nSPS) is 12.0. The Morgan fingerprint density at radius 3 is 2.91 bits per heavy atom. The van der Waals surface area contributed by atoms with Gasteiger partial charge in [0.25, 0.3) is 5.56 Å². The van der Waals surface area contributed by atoms with Crippen LogP contribution in [0.5, 0.6) is 0 Å². The van der Waals surface area contributed by atoms with Crippen molar-refractivity contribution in [2.45, 2.75) is 12.8 Å². The monoisotopic (exact) mass is 344 g/mol. The van der Waals surface area contributed by atoms with Gasteiger partial charge in [-0.05, 0) is 25.1 Å². The smallest absolute Gasteiger partial charge is 0.258 e. The van der Waals surface area contributed by atoms with E-state index in [4.69, 9.17) is 11.6 Å². The number of halogens is 1. The maximum atomic E-state index is 12.5. The molecule has 0 amide bonds. The van der Waals surface area contributed by atoms with Crippen LogP contribution in [0.1, 0.15) is 26.4 Å². The summed E-state index contributed by atoms with van der Waals surface area (Å²) in [6.45, 7) is 1.76. The third-order valence-corrected chi connectivity index (χ3v) is 4.38. The molecule has 2 aromatic heterocycles. The standard InChI is InChI=1S/C15H9ClN4O2S/c1-7-18-6-12(23-7)13(21)10(5-17)14-19-11-4-8(16)2-3-9(11)15(22)20-14/h2-4,6,10H,1H3,(H,19,20,22)/t10-/m1/s1. The van der Waals surface area contributed by atoms with E-state index in [0.717, 1.165) is 5.01 Å². The van der Waals surface area contributed by atoms with Gasteiger partial charge in [0.15, 0.2) is 11.7 Å². The number of aromatic nitrogens is 3. The van der Waals surface area contributed by atoms with Crippen LogP contribution in [-0.2, 0) is 0 Å². The molecule has 2 heterocycles. The molecule has 6 nitrogen and oxygen atoms in total. The second kappa shape index (κ2) is 5.91. The highest BCUT2D eigenvalue weighted by Gasteiger charge is 2.26. The molecule has 1 atom stereocenters. The summed E-state index contributed by atoms with van der Waals surface area (Å²) in [5, 5.41) is 10.8. The lowest BCUT2D eigenvalue weighted by molar-refractivity contribution is 0.0980. The summed E-state index contributed by atoms with van der Waals surface area (Å²) in [6.07, 6.45) is 1.42. The third kappa shape index (κ3) is 2.86. The average Bonchev–Trinajstić information content (AvgIpc) is 2.94. The second-order valence-electron chi connectivity index (χ2n) is 4.78. The summed E-state index contributed by atoms with van der Waals surface area (Å²) in [5.41, 5.74) is -0.0833. The molecule has 23 heavy (non-hydrogen) atoms. The number of benzene rings is 1. The van der Waals surface area contributed by atoms with Gasteiger partial charge < -0.3 is 4.98 Å². The van der Waals surface area contributed by atoms with Crippen molar-refractivity contribution >= 4 is 39.6 Å². The fourth-order valence-electron chi connectivity index (χ4n) is 2.13. The fourth-order valence-corrected chi connectivity index (χ4v) is 3.04. The van der Waals surface area contributed by atoms with E-state index in [2.05, 4.69) is 15.0 Å². The Kier molecular flexibility index (Phi) is 3.94. The molecule has 0 fully saturated rings. The Morgan fingerprint density at radius 1 is 1.48 bits per heavy atom. The Bertz CT molecular complexity index is 1020. The summed E-state index contributed by atoms with van der Waals surface area (Å²) in [5.74, 6) is -1.64. The molecule has 3 rings (SSSR count). The van der Waals surface area contributed by atoms with Gasteiger partial charge in [0.2, 0.25) is 0 Å². The molecule has 114 valence electrons. The summed E-state index contributed by atoms with van der Waals surface area (Å²) in [6, 6.07) is 6.54. The van der Waals surface area contributed by atoms with Gasteiger partial charge in [-0.1, -0.05) is 11.6 Å². The molecule has 1 N–H and O–H groups in total. The molecule has 8 heteroatoms. The van der Waals surface area contributed by atoms with Crippen molar-refractivity contribution in [2.75, 3.05) is 0 Å². The first-order valence-corrected chi connectivity index (χ1v) is 7.75. The first-order valence-electron chi connectivity index (χ1n) is 6.55. The lowest BCUT2D eigenvalue weighted by Gasteiger charge is -2.07. The van der Waals surface area contributed by atoms with Gasteiger partial charge in [-0.2, -0.15) is 5.26 Å². The molecule has 0 radical (unpaired) electrons. The molecule has 0 bridgehead atoms. The van der Waals surface area contributed by atoms with Crippen LogP contribution >= 0.6 is 22.9 Å². The molecular weight excluding hydrogens is 336 g/mol. The van der Waals surface area contributed by atoms with Crippen LogP contribution in [0.25, 0.3) is 10.9 Å². The van der Waals surface area contributed by atoms with E-state index < -0.39 is 17.3 Å². The second-order valence-corrected chi connectivity index (χ2v) is 6.45. The first-order chi connectivity index (χ1) is 11.0. The molecular formula is C15H9ClN4O2S. The highest BCUT2D eigenvalue weighted by Crippen LogP contribution is 2.23. The Hall–Kier alpha value is -2.56. The van der Waals surface area contributed by atoms with E-state index in [1.54, 1.807) is 19.1 Å². The van der Waals surface area contributed by atoms with Gasteiger partial charge in [-0.15, -0.1) is 11.3 Å². The molecule has 0 aliphatic heterocycles. The molecule has 3 aromatic rings. The number of H-pyrrole nitrogens is 1. The fraction of sp³-hybridized carbons (Fsp3) is 0.133. The van der Waals surface area contributed by atoms with E-state index in [-0.39, 0.29) is 5.82 Å². The predicted molar refractivity (Wildman–Crippen MR) is 86.9 cm³/mol. The number of nitriles is 1. The van der Waals surface area contributed by atoms with E-state index in [9.17, 15) is 14.9 Å². The van der Waals surface area contributed by atoms with Crippen LogP contribution in [0.15, 0.2) is 29.2 Å². The van der Waals surface area contributed by atoms with Gasteiger partial charge in [-0.25, -0.2) is 9.97 Å². The number of nitrogens with zero attached hydrogens (tertiary/aromatic N) is 3. The summed E-state index contributed by atoms with van der Waals surface area (Å²) in [7, 11) is 0. The number of carbonyl (C=O) groups is 1. The Morgan fingerprint density at radius 2 is 2.26 bits per heavy atom. The van der Waals surface area contributed by atoms with Crippen molar-refractivity contribution in [3.63, 3.8) is 0 Å². The highest BCUT2D eigenvalue weighted by atomic mass is 35.5. The van der Waals surface area contributed by atoms with E-state index in [1.807, 2.05) is 6.07 Å². The quantitative estimate of drug-likeness (QED) is 0.736. The number of Topliss-reactive ketones (excluding diaryl/α,β-unsaturated/α-hetero) is 1. The minimum atomic E-state index is -1.20. The zero-order valence-electron chi connectivity index (χ0n) is 11.8. The van der Waals surface area contributed by atoms with Gasteiger partial charge >= 0.3 is 0 Å². The Balaban J connectivity index is 2.12. The van der Waals surface area contributed by atoms with Gasteiger partial charge in [0.05, 0.1) is 26.9 Å². The minimum Gasteiger partial charge on any atom is -0.308 e. The molecule has 0 saturated carbocycles. The van der Waals surface area contributed by atoms with Crippen LogP contribution < -0.4 is 5.56 Å². The number of aryl methyl sites for hydroxylation is 1. The summed E-state index contributed by atoms with van der Waals surface area (Å²) in [4.78, 5) is 35.7. The van der Waals surface area contributed by atoms with Crippen molar-refractivity contribution in [1.82, 2.24) is 15.0 Å². The largest absolute Gasteiger partial charge is 0.308 e. The number of nitrogens with one attached hydrogen (secondary N) is 1. The zero-order valence-corrected chi connectivity index (χ0v) is 13.4. The van der Waals surface area contributed by atoms with Gasteiger partial charge in [0.1, 0.15) is 5.82 Å². The molecule has 1 aromatic carbocycles. The summed E-state index contributed by atoms with van der Waals surface area (Å²) >= 11 is 7.10. The maximum absolute atomic E-state index is 12.5. The number of ketones is 1. The maximum Gasteiger partial charge on any atom is 0.258 e. The number of hydrogen-bond acceptors (Lipinski definition) is 6. The van der Waals surface area contributed by atoms with Crippen LogP contribution in [-0.4, -0.2) is 20.7 Å². The van der Waals surface area contributed by atoms with Crippen LogP contribution in [0.2, 0.25) is 5.02 Å². The molecule has 0 aliphatic carbocycles. The van der Waals surface area contributed by atoms with Crippen LogP contribution in [0.3, 0.4) is 0 Å².